The van der Waals surface area contributed by atoms with Crippen molar-refractivity contribution in [1.29, 1.82) is 0 Å². The van der Waals surface area contributed by atoms with Crippen LogP contribution in [0.4, 0.5) is 0 Å². The average molecular weight is 472 g/mol. The number of ketones is 4. The first-order valence-corrected chi connectivity index (χ1v) is 11.4. The Morgan fingerprint density at radius 2 is 1.06 bits per heavy atom. The highest BCUT2D eigenvalue weighted by Crippen LogP contribution is 2.45. The lowest BCUT2D eigenvalue weighted by molar-refractivity contribution is 0.0759. The van der Waals surface area contributed by atoms with E-state index in [2.05, 4.69) is 15.0 Å². The van der Waals surface area contributed by atoms with Gasteiger partial charge in [0.2, 0.25) is 0 Å². The monoisotopic (exact) mass is 472 g/mol. The number of carbonyl (C=O) groups is 4. The van der Waals surface area contributed by atoms with E-state index in [-0.39, 0.29) is 28.2 Å². The van der Waals surface area contributed by atoms with Gasteiger partial charge in [-0.3, -0.25) is 24.2 Å². The van der Waals surface area contributed by atoms with Gasteiger partial charge in [0.15, 0.2) is 28.8 Å². The fourth-order valence-corrected chi connectivity index (χ4v) is 5.50. The molecule has 0 radical (unpaired) electrons. The van der Waals surface area contributed by atoms with Crippen molar-refractivity contribution in [3.05, 3.63) is 106 Å². The maximum Gasteiger partial charge on any atom is 0.180 e. The van der Waals surface area contributed by atoms with Gasteiger partial charge in [0.05, 0.1) is 16.7 Å². The summed E-state index contributed by atoms with van der Waals surface area (Å²) < 4.78 is 0. The van der Waals surface area contributed by atoms with Crippen molar-refractivity contribution in [3.63, 3.8) is 0 Å². The normalized spacial score (nSPS) is 21.2. The molecule has 3 aliphatic rings. The fraction of sp³-hybridized carbons (Fsp3) is 0.107. The molecule has 0 spiro atoms. The Kier molecular flexibility index (Phi) is 3.98. The van der Waals surface area contributed by atoms with Gasteiger partial charge in [0.1, 0.15) is 23.2 Å². The number of fused-ring (bicyclic) bond motifs is 4. The zero-order valence-corrected chi connectivity index (χ0v) is 18.6. The second kappa shape index (κ2) is 6.93. The minimum Gasteiger partial charge on any atom is -0.301 e. The molecule has 7 rings (SSSR count). The summed E-state index contributed by atoms with van der Waals surface area (Å²) in [5, 5.41) is 0. The number of benzene rings is 3. The minimum atomic E-state index is -1.93. The number of hydrogen-bond acceptors (Lipinski definition) is 8. The van der Waals surface area contributed by atoms with Crippen LogP contribution < -0.4 is 5.73 Å². The van der Waals surface area contributed by atoms with Gasteiger partial charge in [0, 0.05) is 22.3 Å². The van der Waals surface area contributed by atoms with E-state index in [1.807, 2.05) is 0 Å². The first-order valence-electron chi connectivity index (χ1n) is 11.4. The van der Waals surface area contributed by atoms with Gasteiger partial charge in [0.25, 0.3) is 0 Å². The molecule has 0 bridgehead atoms. The van der Waals surface area contributed by atoms with Crippen LogP contribution in [0.3, 0.4) is 0 Å². The third-order valence-corrected chi connectivity index (χ3v) is 7.18. The highest BCUT2D eigenvalue weighted by Gasteiger charge is 2.58. The number of rotatable bonds is 2. The molecule has 1 atom stereocenters. The summed E-state index contributed by atoms with van der Waals surface area (Å²) in [4.78, 5) is 67.7. The molecular formula is C28H16N4O4. The van der Waals surface area contributed by atoms with Crippen LogP contribution in [0.25, 0.3) is 11.0 Å². The number of Topliss-reactive ketones (excluding diaryl/α,β-unsaturated/α-hetero) is 4. The average Bonchev–Trinajstić information content (AvgIpc) is 3.43. The van der Waals surface area contributed by atoms with Crippen LogP contribution >= 0.6 is 0 Å². The Hall–Kier alpha value is -4.69. The Labute approximate surface area is 203 Å². The third-order valence-electron chi connectivity index (χ3n) is 7.18. The molecule has 172 valence electrons. The zero-order chi connectivity index (χ0) is 24.8. The van der Waals surface area contributed by atoms with Gasteiger partial charge in [-0.1, -0.05) is 60.7 Å². The largest absolute Gasteiger partial charge is 0.301 e. The van der Waals surface area contributed by atoms with Crippen LogP contribution in [-0.4, -0.2) is 38.8 Å². The Bertz CT molecular complexity index is 1690. The van der Waals surface area contributed by atoms with Crippen LogP contribution in [0, 0.1) is 11.8 Å². The zero-order valence-electron chi connectivity index (χ0n) is 18.6. The van der Waals surface area contributed by atoms with Crippen LogP contribution in [0.5, 0.6) is 0 Å². The second-order valence-electron chi connectivity index (χ2n) is 9.15. The van der Waals surface area contributed by atoms with E-state index >= 15 is 0 Å². The SMILES string of the molecule is NC1(C2C(=O)c3ccccc3C2=O)N=C(C2C(=O)c3ccccc3C2=O)c2nc3ccccc3nc21. The summed E-state index contributed by atoms with van der Waals surface area (Å²) in [6, 6.07) is 20.1. The van der Waals surface area contributed by atoms with E-state index in [1.165, 1.54) is 0 Å². The summed E-state index contributed by atoms with van der Waals surface area (Å²) >= 11 is 0. The molecule has 0 saturated heterocycles. The molecule has 8 heteroatoms. The smallest absolute Gasteiger partial charge is 0.180 e. The van der Waals surface area contributed by atoms with E-state index in [1.54, 1.807) is 72.8 Å². The van der Waals surface area contributed by atoms with Crippen LogP contribution in [-0.2, 0) is 5.66 Å². The van der Waals surface area contributed by atoms with Gasteiger partial charge in [-0.05, 0) is 12.1 Å². The van der Waals surface area contributed by atoms with Gasteiger partial charge in [-0.25, -0.2) is 9.97 Å². The number of nitrogens with two attached hydrogens (primary N) is 1. The van der Waals surface area contributed by atoms with Crippen molar-refractivity contribution in [2.24, 2.45) is 22.6 Å². The lowest BCUT2D eigenvalue weighted by Gasteiger charge is -2.26. The lowest BCUT2D eigenvalue weighted by Crippen LogP contribution is -2.47. The van der Waals surface area contributed by atoms with E-state index in [0.717, 1.165) is 0 Å². The van der Waals surface area contributed by atoms with Crippen molar-refractivity contribution >= 4 is 39.9 Å². The summed E-state index contributed by atoms with van der Waals surface area (Å²) in [6.45, 7) is 0. The van der Waals surface area contributed by atoms with Crippen molar-refractivity contribution in [2.75, 3.05) is 0 Å². The fourth-order valence-electron chi connectivity index (χ4n) is 5.50. The Balaban J connectivity index is 1.47. The molecule has 36 heavy (non-hydrogen) atoms. The highest BCUT2D eigenvalue weighted by molar-refractivity contribution is 6.39. The second-order valence-corrected chi connectivity index (χ2v) is 9.15. The van der Waals surface area contributed by atoms with Gasteiger partial charge in [-0.15, -0.1) is 0 Å². The predicted molar refractivity (Wildman–Crippen MR) is 129 cm³/mol. The predicted octanol–water partition coefficient (Wildman–Crippen LogP) is 2.93. The van der Waals surface area contributed by atoms with E-state index in [4.69, 9.17) is 5.73 Å². The molecule has 8 nitrogen and oxygen atoms in total. The Morgan fingerprint density at radius 1 is 0.611 bits per heavy atom. The molecule has 1 unspecified atom stereocenters. The van der Waals surface area contributed by atoms with Crippen LogP contribution in [0.1, 0.15) is 52.8 Å². The maximum absolute atomic E-state index is 13.5. The first-order chi connectivity index (χ1) is 17.4. The van der Waals surface area contributed by atoms with E-state index in [9.17, 15) is 19.2 Å². The van der Waals surface area contributed by atoms with Gasteiger partial charge in [-0.2, -0.15) is 0 Å². The quantitative estimate of drug-likeness (QED) is 0.444. The Morgan fingerprint density at radius 3 is 1.58 bits per heavy atom. The van der Waals surface area contributed by atoms with Crippen molar-refractivity contribution in [1.82, 2.24) is 9.97 Å². The standard InChI is InChI=1S/C28H16N4O4/c29-28(20-25(35)15-9-3-4-10-16(15)26(20)36)27-22(30-17-11-5-6-12-18(17)31-27)21(32-28)19-23(33)13-7-1-2-8-14(13)24(19)34/h1-12,19-20H,29H2. The molecule has 0 amide bonds. The molecule has 1 aromatic heterocycles. The molecule has 0 fully saturated rings. The number of aliphatic imine (C=N–C) groups is 1. The summed E-state index contributed by atoms with van der Waals surface area (Å²) in [5.41, 5.74) is 7.31. The molecule has 1 aliphatic heterocycles. The summed E-state index contributed by atoms with van der Waals surface area (Å²) in [6.07, 6.45) is 0. The summed E-state index contributed by atoms with van der Waals surface area (Å²) in [7, 11) is 0. The molecule has 3 aromatic carbocycles. The molecular weight excluding hydrogens is 456 g/mol. The number of hydrogen-bond donors (Lipinski definition) is 1. The molecule has 0 saturated carbocycles. The maximum atomic E-state index is 13.5. The van der Waals surface area contributed by atoms with Crippen LogP contribution in [0.2, 0.25) is 0 Å². The number of para-hydroxylation sites is 2. The van der Waals surface area contributed by atoms with Gasteiger partial charge < -0.3 is 5.73 Å². The molecule has 4 aromatic rings. The minimum absolute atomic E-state index is 0.0357. The first kappa shape index (κ1) is 20.7. The number of carbonyl (C=O) groups excluding carboxylic acids is 4. The van der Waals surface area contributed by atoms with Crippen molar-refractivity contribution in [3.8, 4) is 0 Å². The van der Waals surface area contributed by atoms with Crippen molar-refractivity contribution < 1.29 is 19.2 Å². The lowest BCUT2D eigenvalue weighted by atomic mass is 9.86. The van der Waals surface area contributed by atoms with Gasteiger partial charge >= 0.3 is 0 Å². The molecule has 2 aliphatic carbocycles. The molecule has 2 N–H and O–H groups in total. The topological polar surface area (TPSA) is 132 Å². The van der Waals surface area contributed by atoms with Crippen molar-refractivity contribution in [2.45, 2.75) is 5.66 Å². The highest BCUT2D eigenvalue weighted by atomic mass is 16.2. The summed E-state index contributed by atoms with van der Waals surface area (Å²) in [5.74, 6) is -4.47. The number of nitrogens with zero attached hydrogens (tertiary/aromatic N) is 3. The van der Waals surface area contributed by atoms with E-state index < -0.39 is 40.6 Å². The number of aromatic nitrogens is 2. The third kappa shape index (κ3) is 2.48. The van der Waals surface area contributed by atoms with Crippen LogP contribution in [0.15, 0.2) is 77.8 Å². The van der Waals surface area contributed by atoms with E-state index in [0.29, 0.717) is 22.2 Å². The molecule has 2 heterocycles.